The predicted octanol–water partition coefficient (Wildman–Crippen LogP) is 2.34. The molecule has 1 aromatic rings. The van der Waals surface area contributed by atoms with Crippen molar-refractivity contribution in [1.82, 2.24) is 0 Å². The van der Waals surface area contributed by atoms with E-state index in [9.17, 15) is 25.0 Å². The molecule has 1 aromatic carbocycles. The van der Waals surface area contributed by atoms with E-state index in [1.165, 1.54) is 12.1 Å². The molecule has 1 N–H and O–H groups in total. The lowest BCUT2D eigenvalue weighted by Gasteiger charge is -2.19. The SMILES string of the molecule is CC(C)(C)OC(=O)COCCOCCOCCOCCOCCNc1ccc([N+](=O)[O-])cc1[N+](=O)[O-]. The number of hydrogen-bond acceptors (Lipinski definition) is 12. The average Bonchev–Trinajstić information content (AvgIpc) is 2.79. The van der Waals surface area contributed by atoms with Gasteiger partial charge in [-0.2, -0.15) is 0 Å². The first-order chi connectivity index (χ1) is 17.1. The molecule has 0 saturated heterocycles. The van der Waals surface area contributed by atoms with Gasteiger partial charge in [-0.05, 0) is 26.8 Å². The van der Waals surface area contributed by atoms with Gasteiger partial charge in [-0.3, -0.25) is 20.2 Å². The quantitative estimate of drug-likeness (QED) is 0.116. The summed E-state index contributed by atoms with van der Waals surface area (Å²) in [6.45, 7) is 8.68. The van der Waals surface area contributed by atoms with E-state index in [-0.39, 0.29) is 43.4 Å². The van der Waals surface area contributed by atoms with Crippen LogP contribution in [-0.4, -0.2) is 94.0 Å². The minimum Gasteiger partial charge on any atom is -0.458 e. The van der Waals surface area contributed by atoms with Gasteiger partial charge < -0.3 is 33.7 Å². The lowest BCUT2D eigenvalue weighted by Crippen LogP contribution is -2.27. The number of nitrogens with one attached hydrogen (secondary N) is 1. The van der Waals surface area contributed by atoms with Crippen molar-refractivity contribution < 1.29 is 43.1 Å². The van der Waals surface area contributed by atoms with E-state index in [4.69, 9.17) is 28.4 Å². The molecular formula is C22H35N3O11. The second-order valence-electron chi connectivity index (χ2n) is 8.23. The van der Waals surface area contributed by atoms with Crippen molar-refractivity contribution in [3.63, 3.8) is 0 Å². The highest BCUT2D eigenvalue weighted by atomic mass is 16.6. The lowest BCUT2D eigenvalue weighted by atomic mass is 10.2. The van der Waals surface area contributed by atoms with Crippen LogP contribution >= 0.6 is 0 Å². The molecular weight excluding hydrogens is 482 g/mol. The number of nitro benzene ring substituents is 2. The highest BCUT2D eigenvalue weighted by molar-refractivity contribution is 5.71. The molecule has 0 spiro atoms. The molecule has 0 aliphatic heterocycles. The fourth-order valence-electron chi connectivity index (χ4n) is 2.60. The zero-order valence-corrected chi connectivity index (χ0v) is 20.9. The fraction of sp³-hybridized carbons (Fsp3) is 0.682. The first-order valence-corrected chi connectivity index (χ1v) is 11.4. The first-order valence-electron chi connectivity index (χ1n) is 11.4. The molecule has 36 heavy (non-hydrogen) atoms. The van der Waals surface area contributed by atoms with E-state index in [2.05, 4.69) is 5.32 Å². The van der Waals surface area contributed by atoms with Crippen LogP contribution in [0.5, 0.6) is 0 Å². The standard InChI is InChI=1S/C22H35N3O11/c1-22(2,3)36-21(26)17-35-15-14-34-13-12-33-11-10-32-9-8-31-7-6-23-19-5-4-18(24(27)28)16-20(19)25(29)30/h4-5,16,23H,6-15,17H2,1-3H3. The van der Waals surface area contributed by atoms with Crippen LogP contribution in [0.1, 0.15) is 20.8 Å². The number of carbonyl (C=O) groups is 1. The Balaban J connectivity index is 1.92. The van der Waals surface area contributed by atoms with Gasteiger partial charge in [-0.1, -0.05) is 0 Å². The number of anilines is 1. The molecule has 14 heteroatoms. The Bertz CT molecular complexity index is 815. The monoisotopic (exact) mass is 517 g/mol. The van der Waals surface area contributed by atoms with Gasteiger partial charge in [-0.25, -0.2) is 4.79 Å². The van der Waals surface area contributed by atoms with Crippen LogP contribution in [0.3, 0.4) is 0 Å². The van der Waals surface area contributed by atoms with Gasteiger partial charge in [0.25, 0.3) is 11.4 Å². The van der Waals surface area contributed by atoms with Crippen LogP contribution in [0.2, 0.25) is 0 Å². The summed E-state index contributed by atoms with van der Waals surface area (Å²) >= 11 is 0. The number of carbonyl (C=O) groups excluding carboxylic acids is 1. The van der Waals surface area contributed by atoms with E-state index in [0.717, 1.165) is 6.07 Å². The summed E-state index contributed by atoms with van der Waals surface area (Å²) in [6.07, 6.45) is 0. The number of nitro groups is 2. The molecule has 0 aliphatic rings. The van der Waals surface area contributed by atoms with Gasteiger partial charge in [0.2, 0.25) is 0 Å². The Morgan fingerprint density at radius 3 is 1.78 bits per heavy atom. The largest absolute Gasteiger partial charge is 0.458 e. The lowest BCUT2D eigenvalue weighted by molar-refractivity contribution is -0.393. The third-order valence-electron chi connectivity index (χ3n) is 4.08. The van der Waals surface area contributed by atoms with Crippen molar-refractivity contribution in [2.75, 3.05) is 77.9 Å². The molecule has 0 fully saturated rings. The van der Waals surface area contributed by atoms with Crippen LogP contribution in [-0.2, 0) is 33.2 Å². The second-order valence-corrected chi connectivity index (χ2v) is 8.23. The summed E-state index contributed by atoms with van der Waals surface area (Å²) in [6, 6.07) is 3.40. The summed E-state index contributed by atoms with van der Waals surface area (Å²) in [4.78, 5) is 31.9. The average molecular weight is 518 g/mol. The predicted molar refractivity (Wildman–Crippen MR) is 128 cm³/mol. The Hall–Kier alpha value is -2.91. The van der Waals surface area contributed by atoms with Crippen LogP contribution in [0.4, 0.5) is 17.1 Å². The summed E-state index contributed by atoms with van der Waals surface area (Å²) < 4.78 is 31.7. The van der Waals surface area contributed by atoms with Gasteiger partial charge in [-0.15, -0.1) is 0 Å². The molecule has 0 amide bonds. The molecule has 0 heterocycles. The van der Waals surface area contributed by atoms with E-state index in [1.54, 1.807) is 20.8 Å². The zero-order chi connectivity index (χ0) is 26.8. The van der Waals surface area contributed by atoms with Crippen molar-refractivity contribution >= 4 is 23.0 Å². The van der Waals surface area contributed by atoms with Crippen LogP contribution in [0.15, 0.2) is 18.2 Å². The molecule has 0 saturated carbocycles. The maximum atomic E-state index is 11.5. The number of non-ortho nitro benzene ring substituents is 1. The molecule has 204 valence electrons. The molecule has 0 bridgehead atoms. The van der Waals surface area contributed by atoms with Crippen LogP contribution in [0, 0.1) is 20.2 Å². The van der Waals surface area contributed by atoms with Crippen molar-refractivity contribution in [2.45, 2.75) is 26.4 Å². The summed E-state index contributed by atoms with van der Waals surface area (Å²) in [5.41, 5.74) is -1.07. The third-order valence-corrected chi connectivity index (χ3v) is 4.08. The number of ether oxygens (including phenoxy) is 6. The Morgan fingerprint density at radius 1 is 0.806 bits per heavy atom. The number of nitrogens with zero attached hydrogens (tertiary/aromatic N) is 2. The van der Waals surface area contributed by atoms with Gasteiger partial charge in [0.15, 0.2) is 0 Å². The highest BCUT2D eigenvalue weighted by Crippen LogP contribution is 2.28. The van der Waals surface area contributed by atoms with E-state index >= 15 is 0 Å². The molecule has 14 nitrogen and oxygen atoms in total. The van der Waals surface area contributed by atoms with E-state index < -0.39 is 21.4 Å². The number of rotatable bonds is 20. The van der Waals surface area contributed by atoms with Gasteiger partial charge >= 0.3 is 5.97 Å². The second kappa shape index (κ2) is 17.5. The van der Waals surface area contributed by atoms with Crippen LogP contribution in [0.25, 0.3) is 0 Å². The summed E-state index contributed by atoms with van der Waals surface area (Å²) in [5.74, 6) is -0.415. The molecule has 1 rings (SSSR count). The van der Waals surface area contributed by atoms with Crippen molar-refractivity contribution in [3.05, 3.63) is 38.4 Å². The topological polar surface area (TPSA) is 171 Å². The summed E-state index contributed by atoms with van der Waals surface area (Å²) in [7, 11) is 0. The van der Waals surface area contributed by atoms with E-state index in [0.29, 0.717) is 46.2 Å². The summed E-state index contributed by atoms with van der Waals surface area (Å²) in [5, 5.41) is 24.7. The van der Waals surface area contributed by atoms with Crippen molar-refractivity contribution in [3.8, 4) is 0 Å². The Kier molecular flexibility index (Phi) is 15.1. The third kappa shape index (κ3) is 15.2. The maximum Gasteiger partial charge on any atom is 0.332 e. The zero-order valence-electron chi connectivity index (χ0n) is 20.9. The number of esters is 1. The molecule has 0 radical (unpaired) electrons. The normalized spacial score (nSPS) is 11.3. The van der Waals surface area contributed by atoms with E-state index in [1.807, 2.05) is 0 Å². The smallest absolute Gasteiger partial charge is 0.332 e. The molecule has 0 aliphatic carbocycles. The maximum absolute atomic E-state index is 11.5. The first kappa shape index (κ1) is 31.1. The van der Waals surface area contributed by atoms with Crippen molar-refractivity contribution in [2.24, 2.45) is 0 Å². The van der Waals surface area contributed by atoms with Gasteiger partial charge in [0, 0.05) is 12.6 Å². The number of hydrogen-bond donors (Lipinski definition) is 1. The van der Waals surface area contributed by atoms with Crippen molar-refractivity contribution in [1.29, 1.82) is 0 Å². The number of benzene rings is 1. The Labute approximate surface area is 209 Å². The van der Waals surface area contributed by atoms with Gasteiger partial charge in [0.05, 0.1) is 75.4 Å². The van der Waals surface area contributed by atoms with Crippen LogP contribution < -0.4 is 5.32 Å². The minimum atomic E-state index is -0.687. The minimum absolute atomic E-state index is 0.114. The molecule has 0 aromatic heterocycles. The van der Waals surface area contributed by atoms with Gasteiger partial charge in [0.1, 0.15) is 17.9 Å². The highest BCUT2D eigenvalue weighted by Gasteiger charge is 2.19. The fourth-order valence-corrected chi connectivity index (χ4v) is 2.60. The Morgan fingerprint density at radius 2 is 1.31 bits per heavy atom. The molecule has 0 atom stereocenters. The molecule has 0 unspecified atom stereocenters.